The maximum absolute atomic E-state index is 10.8. The third-order valence-corrected chi connectivity index (χ3v) is 2.17. The van der Waals surface area contributed by atoms with E-state index in [2.05, 4.69) is 5.18 Å². The highest BCUT2D eigenvalue weighted by molar-refractivity contribution is 6.31. The van der Waals surface area contributed by atoms with Crippen LogP contribution in [0.1, 0.15) is 5.56 Å². The number of nitrogens with zero attached hydrogens (tertiary/aromatic N) is 1. The standard InChI is InChI=1S/C9H9ClN2O2/c10-7-4-2-1-3-6(7)5-8(11)9(13)12-14/h1-4,8H,5,11H2. The summed E-state index contributed by atoms with van der Waals surface area (Å²) in [5, 5.41) is 2.79. The number of benzene rings is 1. The van der Waals surface area contributed by atoms with Crippen LogP contribution in [0.2, 0.25) is 5.02 Å². The van der Waals surface area contributed by atoms with Crippen molar-refractivity contribution in [3.05, 3.63) is 39.8 Å². The van der Waals surface area contributed by atoms with Gasteiger partial charge in [-0.25, -0.2) is 0 Å². The molecule has 14 heavy (non-hydrogen) atoms. The van der Waals surface area contributed by atoms with Crippen molar-refractivity contribution < 1.29 is 4.79 Å². The van der Waals surface area contributed by atoms with Gasteiger partial charge in [0.15, 0.2) is 0 Å². The molecule has 1 rings (SSSR count). The highest BCUT2D eigenvalue weighted by atomic mass is 35.5. The fraction of sp³-hybridized carbons (Fsp3) is 0.222. The zero-order valence-corrected chi connectivity index (χ0v) is 8.07. The molecule has 74 valence electrons. The van der Waals surface area contributed by atoms with Gasteiger partial charge in [0.1, 0.15) is 0 Å². The molecule has 0 saturated carbocycles. The number of nitrogens with two attached hydrogens (primary N) is 1. The van der Waals surface area contributed by atoms with Gasteiger partial charge in [-0.3, -0.25) is 4.79 Å². The van der Waals surface area contributed by atoms with Gasteiger partial charge in [0.25, 0.3) is 0 Å². The lowest BCUT2D eigenvalue weighted by molar-refractivity contribution is -0.119. The summed E-state index contributed by atoms with van der Waals surface area (Å²) in [5.74, 6) is -0.857. The number of halogens is 1. The van der Waals surface area contributed by atoms with Crippen LogP contribution in [0.5, 0.6) is 0 Å². The van der Waals surface area contributed by atoms with E-state index in [4.69, 9.17) is 17.3 Å². The molecule has 0 heterocycles. The monoisotopic (exact) mass is 212 g/mol. The average Bonchev–Trinajstić information content (AvgIpc) is 2.20. The second-order valence-corrected chi connectivity index (χ2v) is 3.24. The Labute approximate surface area is 86.0 Å². The minimum absolute atomic E-state index is 0.226. The van der Waals surface area contributed by atoms with Crippen LogP contribution in [0.25, 0.3) is 0 Å². The fourth-order valence-corrected chi connectivity index (χ4v) is 1.27. The van der Waals surface area contributed by atoms with Crippen LogP contribution >= 0.6 is 11.6 Å². The van der Waals surface area contributed by atoms with Gasteiger partial charge in [-0.1, -0.05) is 29.8 Å². The highest BCUT2D eigenvalue weighted by Crippen LogP contribution is 2.16. The van der Waals surface area contributed by atoms with Crippen molar-refractivity contribution in [2.24, 2.45) is 10.9 Å². The molecular weight excluding hydrogens is 204 g/mol. The van der Waals surface area contributed by atoms with Crippen molar-refractivity contribution in [1.82, 2.24) is 0 Å². The van der Waals surface area contributed by atoms with Gasteiger partial charge in [0, 0.05) is 10.2 Å². The maximum Gasteiger partial charge on any atom is 0.303 e. The fourth-order valence-electron chi connectivity index (χ4n) is 1.06. The Morgan fingerprint density at radius 1 is 1.50 bits per heavy atom. The van der Waals surface area contributed by atoms with Crippen molar-refractivity contribution in [3.63, 3.8) is 0 Å². The molecule has 2 N–H and O–H groups in total. The van der Waals surface area contributed by atoms with Crippen LogP contribution in [-0.2, 0) is 11.2 Å². The lowest BCUT2D eigenvalue weighted by Crippen LogP contribution is -2.31. The lowest BCUT2D eigenvalue weighted by Gasteiger charge is -2.06. The van der Waals surface area contributed by atoms with Gasteiger partial charge in [0.05, 0.1) is 6.04 Å². The molecule has 0 saturated heterocycles. The van der Waals surface area contributed by atoms with E-state index in [-0.39, 0.29) is 6.42 Å². The van der Waals surface area contributed by atoms with Crippen molar-refractivity contribution in [2.45, 2.75) is 12.5 Å². The second-order valence-electron chi connectivity index (χ2n) is 2.83. The summed E-state index contributed by atoms with van der Waals surface area (Å²) >= 11 is 5.84. The Hall–Kier alpha value is -1.26. The van der Waals surface area contributed by atoms with E-state index in [1.165, 1.54) is 0 Å². The number of amides is 1. The molecule has 0 bridgehead atoms. The molecule has 4 nitrogen and oxygen atoms in total. The van der Waals surface area contributed by atoms with Gasteiger partial charge in [0.2, 0.25) is 0 Å². The predicted molar refractivity (Wildman–Crippen MR) is 53.9 cm³/mol. The Morgan fingerprint density at radius 3 is 2.71 bits per heavy atom. The zero-order valence-electron chi connectivity index (χ0n) is 7.31. The number of carbonyl (C=O) groups excluding carboxylic acids is 1. The number of hydrogen-bond acceptors (Lipinski definition) is 3. The first-order chi connectivity index (χ1) is 6.65. The van der Waals surface area contributed by atoms with Crippen LogP contribution in [0.3, 0.4) is 0 Å². The summed E-state index contributed by atoms with van der Waals surface area (Å²) in [4.78, 5) is 20.7. The molecule has 0 aromatic heterocycles. The molecule has 1 atom stereocenters. The lowest BCUT2D eigenvalue weighted by atomic mass is 10.1. The third kappa shape index (κ3) is 2.61. The first-order valence-corrected chi connectivity index (χ1v) is 4.39. The molecule has 5 heteroatoms. The van der Waals surface area contributed by atoms with E-state index in [9.17, 15) is 9.70 Å². The summed E-state index contributed by atoms with van der Waals surface area (Å²) < 4.78 is 0. The average molecular weight is 213 g/mol. The summed E-state index contributed by atoms with van der Waals surface area (Å²) in [6.07, 6.45) is 0.226. The van der Waals surface area contributed by atoms with Gasteiger partial charge in [-0.2, -0.15) is 0 Å². The number of hydrogen-bond donors (Lipinski definition) is 1. The molecule has 0 aliphatic heterocycles. The van der Waals surface area contributed by atoms with E-state index in [1.807, 2.05) is 0 Å². The van der Waals surface area contributed by atoms with Crippen molar-refractivity contribution in [3.8, 4) is 0 Å². The normalized spacial score (nSPS) is 12.1. The van der Waals surface area contributed by atoms with Crippen molar-refractivity contribution in [2.75, 3.05) is 0 Å². The van der Waals surface area contributed by atoms with Gasteiger partial charge in [-0.15, -0.1) is 4.91 Å². The van der Waals surface area contributed by atoms with Crippen LogP contribution in [0, 0.1) is 4.91 Å². The molecule has 0 aliphatic rings. The SMILES string of the molecule is NC(Cc1ccccc1Cl)C(=O)N=O. The smallest absolute Gasteiger partial charge is 0.303 e. The van der Waals surface area contributed by atoms with E-state index in [1.54, 1.807) is 24.3 Å². The Balaban J connectivity index is 2.74. The molecule has 0 spiro atoms. The molecule has 1 unspecified atom stereocenters. The minimum Gasteiger partial charge on any atom is -0.319 e. The Kier molecular flexibility index (Phi) is 3.73. The van der Waals surface area contributed by atoms with E-state index >= 15 is 0 Å². The van der Waals surface area contributed by atoms with Crippen molar-refractivity contribution >= 4 is 17.5 Å². The molecule has 0 radical (unpaired) electrons. The summed E-state index contributed by atoms with van der Waals surface area (Å²) in [7, 11) is 0. The number of rotatable bonds is 3. The zero-order chi connectivity index (χ0) is 10.6. The quantitative estimate of drug-likeness (QED) is 0.772. The molecule has 1 aromatic carbocycles. The van der Waals surface area contributed by atoms with E-state index in [0.29, 0.717) is 5.02 Å². The van der Waals surface area contributed by atoms with Crippen LogP contribution < -0.4 is 5.73 Å². The third-order valence-electron chi connectivity index (χ3n) is 1.80. The summed E-state index contributed by atoms with van der Waals surface area (Å²) in [6.45, 7) is 0. The first kappa shape index (κ1) is 10.8. The molecular formula is C9H9ClN2O2. The van der Waals surface area contributed by atoms with Crippen LogP contribution in [0.4, 0.5) is 0 Å². The number of carbonyl (C=O) groups is 1. The van der Waals surface area contributed by atoms with E-state index < -0.39 is 11.9 Å². The Bertz CT molecular complexity index is 354. The molecule has 1 amide bonds. The van der Waals surface area contributed by atoms with Gasteiger partial charge >= 0.3 is 5.91 Å². The van der Waals surface area contributed by atoms with Crippen LogP contribution in [0.15, 0.2) is 29.4 Å². The largest absolute Gasteiger partial charge is 0.319 e. The number of nitroso groups, excluding NO2 is 1. The molecule has 0 fully saturated rings. The van der Waals surface area contributed by atoms with E-state index in [0.717, 1.165) is 5.56 Å². The van der Waals surface area contributed by atoms with Crippen LogP contribution in [-0.4, -0.2) is 11.9 Å². The highest BCUT2D eigenvalue weighted by Gasteiger charge is 2.15. The summed E-state index contributed by atoms with van der Waals surface area (Å²) in [6, 6.07) is 6.10. The first-order valence-electron chi connectivity index (χ1n) is 4.01. The van der Waals surface area contributed by atoms with Gasteiger partial charge in [-0.05, 0) is 18.1 Å². The van der Waals surface area contributed by atoms with Gasteiger partial charge < -0.3 is 5.73 Å². The van der Waals surface area contributed by atoms with Crippen molar-refractivity contribution in [1.29, 1.82) is 0 Å². The second kappa shape index (κ2) is 4.83. The maximum atomic E-state index is 10.8. The topological polar surface area (TPSA) is 72.5 Å². The minimum atomic E-state index is -0.910. The molecule has 0 aliphatic carbocycles. The predicted octanol–water partition coefficient (Wildman–Crippen LogP) is 1.50. The Morgan fingerprint density at radius 2 is 2.14 bits per heavy atom. The molecule has 1 aromatic rings. The summed E-state index contributed by atoms with van der Waals surface area (Å²) in [5.41, 5.74) is 6.16.